The van der Waals surface area contributed by atoms with Crippen LogP contribution >= 0.6 is 0 Å². The lowest BCUT2D eigenvalue weighted by atomic mass is 10.2. The van der Waals surface area contributed by atoms with Crippen molar-refractivity contribution < 1.29 is 19.1 Å². The summed E-state index contributed by atoms with van der Waals surface area (Å²) in [6.07, 6.45) is 5.46. The Hall–Kier alpha value is -2.04. The monoisotopic (exact) mass is 265 g/mol. The van der Waals surface area contributed by atoms with Crippen LogP contribution in [0.15, 0.2) is 22.6 Å². The molecule has 5 nitrogen and oxygen atoms in total. The van der Waals surface area contributed by atoms with Gasteiger partial charge in [-0.25, -0.2) is 0 Å². The number of rotatable bonds is 8. The van der Waals surface area contributed by atoms with Crippen molar-refractivity contribution in [2.75, 3.05) is 6.54 Å². The number of carbonyl (C=O) groups is 2. The normalized spacial score (nSPS) is 10.8. The quantitative estimate of drug-likeness (QED) is 0.558. The molecule has 1 aromatic rings. The molecule has 104 valence electrons. The summed E-state index contributed by atoms with van der Waals surface area (Å²) in [7, 11) is 0. The molecule has 0 saturated carbocycles. The Morgan fingerprint density at radius 3 is 2.74 bits per heavy atom. The van der Waals surface area contributed by atoms with Crippen molar-refractivity contribution in [3.8, 4) is 0 Å². The van der Waals surface area contributed by atoms with Gasteiger partial charge in [-0.05, 0) is 38.0 Å². The fraction of sp³-hybridized carbons (Fsp3) is 0.429. The third-order valence-electron chi connectivity index (χ3n) is 2.53. The zero-order valence-corrected chi connectivity index (χ0v) is 11.0. The van der Waals surface area contributed by atoms with Crippen molar-refractivity contribution in [1.29, 1.82) is 0 Å². The number of aliphatic carboxylic acids is 1. The first-order valence-electron chi connectivity index (χ1n) is 6.32. The average molecular weight is 265 g/mol. The number of furan rings is 1. The summed E-state index contributed by atoms with van der Waals surface area (Å²) in [5.41, 5.74) is 0. The Kier molecular flexibility index (Phi) is 6.43. The van der Waals surface area contributed by atoms with Gasteiger partial charge >= 0.3 is 5.97 Å². The SMILES string of the molecule is Cc1ccc(/C=C/C(=O)NCCCCCC(=O)O)o1. The van der Waals surface area contributed by atoms with Crippen LogP contribution in [0.1, 0.15) is 37.2 Å². The third kappa shape index (κ3) is 7.08. The predicted octanol–water partition coefficient (Wildman–Crippen LogP) is 2.36. The van der Waals surface area contributed by atoms with Crippen LogP contribution in [-0.4, -0.2) is 23.5 Å². The van der Waals surface area contributed by atoms with E-state index in [1.165, 1.54) is 6.08 Å². The van der Waals surface area contributed by atoms with Crippen LogP contribution < -0.4 is 5.32 Å². The number of unbranched alkanes of at least 4 members (excludes halogenated alkanes) is 2. The van der Waals surface area contributed by atoms with E-state index in [0.29, 0.717) is 18.7 Å². The summed E-state index contributed by atoms with van der Waals surface area (Å²) in [6.45, 7) is 2.40. The van der Waals surface area contributed by atoms with Gasteiger partial charge < -0.3 is 14.8 Å². The maximum Gasteiger partial charge on any atom is 0.303 e. The molecule has 5 heteroatoms. The van der Waals surface area contributed by atoms with Gasteiger partial charge in [0, 0.05) is 19.0 Å². The molecule has 0 spiro atoms. The maximum atomic E-state index is 11.4. The van der Waals surface area contributed by atoms with E-state index in [0.717, 1.165) is 18.6 Å². The molecule has 0 aromatic carbocycles. The highest BCUT2D eigenvalue weighted by atomic mass is 16.4. The zero-order chi connectivity index (χ0) is 14.1. The molecular formula is C14H19NO4. The van der Waals surface area contributed by atoms with Crippen molar-refractivity contribution in [2.45, 2.75) is 32.6 Å². The van der Waals surface area contributed by atoms with Crippen LogP contribution in [0.2, 0.25) is 0 Å². The third-order valence-corrected chi connectivity index (χ3v) is 2.53. The summed E-state index contributed by atoms with van der Waals surface area (Å²) in [5.74, 6) is 0.501. The van der Waals surface area contributed by atoms with Crippen LogP contribution in [0.3, 0.4) is 0 Å². The van der Waals surface area contributed by atoms with Crippen molar-refractivity contribution in [3.63, 3.8) is 0 Å². The lowest BCUT2D eigenvalue weighted by Crippen LogP contribution is -2.21. The van der Waals surface area contributed by atoms with Gasteiger partial charge in [0.2, 0.25) is 5.91 Å². The van der Waals surface area contributed by atoms with E-state index in [4.69, 9.17) is 9.52 Å². The molecular weight excluding hydrogens is 246 g/mol. The Labute approximate surface area is 112 Å². The summed E-state index contributed by atoms with van der Waals surface area (Å²) < 4.78 is 5.29. The predicted molar refractivity (Wildman–Crippen MR) is 71.6 cm³/mol. The second-order valence-corrected chi connectivity index (χ2v) is 4.28. The van der Waals surface area contributed by atoms with Crippen LogP contribution in [0.4, 0.5) is 0 Å². The Morgan fingerprint density at radius 2 is 2.11 bits per heavy atom. The lowest BCUT2D eigenvalue weighted by Gasteiger charge is -2.01. The fourth-order valence-corrected chi connectivity index (χ4v) is 1.55. The molecule has 0 saturated heterocycles. The number of nitrogens with one attached hydrogen (secondary N) is 1. The molecule has 0 aliphatic rings. The first-order valence-corrected chi connectivity index (χ1v) is 6.32. The Balaban J connectivity index is 2.11. The van der Waals surface area contributed by atoms with E-state index >= 15 is 0 Å². The molecule has 0 bridgehead atoms. The molecule has 2 N–H and O–H groups in total. The van der Waals surface area contributed by atoms with Gasteiger partial charge in [-0.15, -0.1) is 0 Å². The molecule has 1 heterocycles. The van der Waals surface area contributed by atoms with Crippen molar-refractivity contribution in [3.05, 3.63) is 29.7 Å². The van der Waals surface area contributed by atoms with Gasteiger partial charge in [-0.2, -0.15) is 0 Å². The van der Waals surface area contributed by atoms with Gasteiger partial charge in [0.1, 0.15) is 11.5 Å². The minimum absolute atomic E-state index is 0.174. The number of carbonyl (C=O) groups excluding carboxylic acids is 1. The topological polar surface area (TPSA) is 79.5 Å². The van der Waals surface area contributed by atoms with Gasteiger partial charge in [0.05, 0.1) is 0 Å². The maximum absolute atomic E-state index is 11.4. The minimum Gasteiger partial charge on any atom is -0.481 e. The second kappa shape index (κ2) is 8.13. The van der Waals surface area contributed by atoms with Crippen molar-refractivity contribution in [2.24, 2.45) is 0 Å². The summed E-state index contributed by atoms with van der Waals surface area (Å²) in [5, 5.41) is 11.2. The minimum atomic E-state index is -0.777. The van der Waals surface area contributed by atoms with Gasteiger partial charge in [0.25, 0.3) is 0 Å². The number of carboxylic acids is 1. The average Bonchev–Trinajstić information content (AvgIpc) is 2.76. The Bertz CT molecular complexity index is 448. The standard InChI is InChI=1S/C14H19NO4/c1-11-6-7-12(19-11)8-9-13(16)15-10-4-2-3-5-14(17)18/h6-9H,2-5,10H2,1H3,(H,15,16)(H,17,18)/b9-8+. The smallest absolute Gasteiger partial charge is 0.303 e. The van der Waals surface area contributed by atoms with E-state index in [9.17, 15) is 9.59 Å². The highest BCUT2D eigenvalue weighted by molar-refractivity contribution is 5.91. The number of carboxylic acid groups (broad SMARTS) is 1. The number of hydrogen-bond acceptors (Lipinski definition) is 3. The zero-order valence-electron chi connectivity index (χ0n) is 11.0. The largest absolute Gasteiger partial charge is 0.481 e. The first-order chi connectivity index (χ1) is 9.08. The summed E-state index contributed by atoms with van der Waals surface area (Å²) in [4.78, 5) is 21.7. The van der Waals surface area contributed by atoms with E-state index in [1.54, 1.807) is 12.1 Å². The van der Waals surface area contributed by atoms with E-state index in [-0.39, 0.29) is 12.3 Å². The molecule has 19 heavy (non-hydrogen) atoms. The summed E-state index contributed by atoms with van der Waals surface area (Å²) >= 11 is 0. The summed E-state index contributed by atoms with van der Waals surface area (Å²) in [6, 6.07) is 3.63. The molecule has 0 radical (unpaired) electrons. The van der Waals surface area contributed by atoms with Crippen LogP contribution in [0.25, 0.3) is 6.08 Å². The highest BCUT2D eigenvalue weighted by Gasteiger charge is 1.99. The lowest BCUT2D eigenvalue weighted by molar-refractivity contribution is -0.137. The van der Waals surface area contributed by atoms with Crippen LogP contribution in [0, 0.1) is 6.92 Å². The molecule has 0 atom stereocenters. The van der Waals surface area contributed by atoms with E-state index in [1.807, 2.05) is 13.0 Å². The second-order valence-electron chi connectivity index (χ2n) is 4.28. The van der Waals surface area contributed by atoms with E-state index in [2.05, 4.69) is 5.32 Å². The molecule has 1 amide bonds. The Morgan fingerprint density at radius 1 is 1.32 bits per heavy atom. The molecule has 0 aliphatic carbocycles. The van der Waals surface area contributed by atoms with Gasteiger partial charge in [-0.3, -0.25) is 9.59 Å². The van der Waals surface area contributed by atoms with E-state index < -0.39 is 5.97 Å². The molecule has 0 fully saturated rings. The fourth-order valence-electron chi connectivity index (χ4n) is 1.55. The van der Waals surface area contributed by atoms with Gasteiger partial charge in [0.15, 0.2) is 0 Å². The van der Waals surface area contributed by atoms with Crippen molar-refractivity contribution >= 4 is 18.0 Å². The highest BCUT2D eigenvalue weighted by Crippen LogP contribution is 2.07. The number of hydrogen-bond donors (Lipinski definition) is 2. The first kappa shape index (κ1) is 15.0. The van der Waals surface area contributed by atoms with Crippen molar-refractivity contribution in [1.82, 2.24) is 5.32 Å². The number of amides is 1. The molecule has 1 aromatic heterocycles. The van der Waals surface area contributed by atoms with Crippen LogP contribution in [0.5, 0.6) is 0 Å². The molecule has 0 unspecified atom stereocenters. The van der Waals surface area contributed by atoms with Gasteiger partial charge in [-0.1, -0.05) is 6.42 Å². The molecule has 0 aliphatic heterocycles. The molecule has 1 rings (SSSR count). The van der Waals surface area contributed by atoms with Crippen LogP contribution in [-0.2, 0) is 9.59 Å². The number of aryl methyl sites for hydroxylation is 1.